The van der Waals surface area contributed by atoms with Gasteiger partial charge in [-0.3, -0.25) is 4.79 Å². The van der Waals surface area contributed by atoms with Crippen molar-refractivity contribution < 1.29 is 24.2 Å². The van der Waals surface area contributed by atoms with E-state index >= 15 is 0 Å². The second-order valence-corrected chi connectivity index (χ2v) is 6.58. The Balaban J connectivity index is 2.09. The van der Waals surface area contributed by atoms with E-state index < -0.39 is 11.6 Å². The van der Waals surface area contributed by atoms with Gasteiger partial charge in [0, 0.05) is 6.54 Å². The van der Waals surface area contributed by atoms with Gasteiger partial charge in [0.2, 0.25) is 0 Å². The second kappa shape index (κ2) is 5.24. The average molecular weight is 285 g/mol. The number of hydrogen-bond donors (Lipinski definition) is 1. The summed E-state index contributed by atoms with van der Waals surface area (Å²) < 4.78 is 11.0. The largest absolute Gasteiger partial charge is 0.481 e. The van der Waals surface area contributed by atoms with Crippen molar-refractivity contribution in [3.63, 3.8) is 0 Å². The Hall–Kier alpha value is -1.30. The lowest BCUT2D eigenvalue weighted by molar-refractivity contribution is -0.139. The lowest BCUT2D eigenvalue weighted by Gasteiger charge is -2.40. The van der Waals surface area contributed by atoms with Gasteiger partial charge in [0.15, 0.2) is 0 Å². The van der Waals surface area contributed by atoms with Crippen molar-refractivity contribution in [3.8, 4) is 0 Å². The highest BCUT2D eigenvalue weighted by Crippen LogP contribution is 2.45. The van der Waals surface area contributed by atoms with E-state index in [1.807, 2.05) is 27.7 Å². The number of hydrogen-bond acceptors (Lipinski definition) is 4. The molecule has 1 heterocycles. The Labute approximate surface area is 119 Å². The van der Waals surface area contributed by atoms with E-state index in [0.717, 1.165) is 0 Å². The Kier molecular flexibility index (Phi) is 3.95. The van der Waals surface area contributed by atoms with Gasteiger partial charge in [-0.05, 0) is 40.0 Å². The normalized spacial score (nSPS) is 33.7. The van der Waals surface area contributed by atoms with Gasteiger partial charge in [-0.25, -0.2) is 4.79 Å². The minimum absolute atomic E-state index is 0.0321. The third-order valence-electron chi connectivity index (χ3n) is 3.78. The van der Waals surface area contributed by atoms with Gasteiger partial charge in [0.1, 0.15) is 5.60 Å². The first-order chi connectivity index (χ1) is 9.20. The first kappa shape index (κ1) is 15.1. The molecule has 4 atom stereocenters. The highest BCUT2D eigenvalue weighted by molar-refractivity contribution is 5.74. The molecule has 1 aliphatic carbocycles. The molecule has 0 aromatic rings. The number of carboxylic acid groups (broad SMARTS) is 1. The molecule has 0 bridgehead atoms. The molecule has 1 N–H and O–H groups in total. The highest BCUT2D eigenvalue weighted by atomic mass is 16.6. The van der Waals surface area contributed by atoms with Crippen molar-refractivity contribution in [1.29, 1.82) is 0 Å². The monoisotopic (exact) mass is 285 g/mol. The van der Waals surface area contributed by atoms with E-state index in [1.54, 1.807) is 4.90 Å². The Morgan fingerprint density at radius 1 is 1.35 bits per heavy atom. The Morgan fingerprint density at radius 2 is 2.00 bits per heavy atom. The quantitative estimate of drug-likeness (QED) is 0.836. The van der Waals surface area contributed by atoms with Crippen LogP contribution in [0, 0.1) is 11.8 Å². The summed E-state index contributed by atoms with van der Waals surface area (Å²) in [4.78, 5) is 25.0. The number of carbonyl (C=O) groups is 2. The fourth-order valence-electron chi connectivity index (χ4n) is 2.83. The smallest absolute Gasteiger partial charge is 0.410 e. The summed E-state index contributed by atoms with van der Waals surface area (Å²) in [5.74, 6) is -1.19. The van der Waals surface area contributed by atoms with Crippen LogP contribution in [0.3, 0.4) is 0 Å². The molecular weight excluding hydrogens is 262 g/mol. The van der Waals surface area contributed by atoms with Crippen LogP contribution >= 0.6 is 0 Å². The summed E-state index contributed by atoms with van der Waals surface area (Å²) in [5.41, 5.74) is -0.557. The number of morpholine rings is 1. The molecule has 114 valence electrons. The average Bonchev–Trinajstić information content (AvgIpc) is 3.06. The standard InChI is InChI=1S/C14H23NO5/c1-8-11(9-7-10(9)12(16)17)15(5-6-19-8)13(18)20-14(2,3)4/h8-11H,5-7H2,1-4H3,(H,16,17)/t8-,9-,10-,11?/m1/s1. The van der Waals surface area contributed by atoms with Crippen LogP contribution in [0.15, 0.2) is 0 Å². The third kappa shape index (κ3) is 3.23. The van der Waals surface area contributed by atoms with Crippen LogP contribution in [-0.4, -0.2) is 53.0 Å². The van der Waals surface area contributed by atoms with Gasteiger partial charge in [-0.15, -0.1) is 0 Å². The minimum Gasteiger partial charge on any atom is -0.481 e. The number of rotatable bonds is 2. The number of aliphatic carboxylic acids is 1. The minimum atomic E-state index is -0.795. The summed E-state index contributed by atoms with van der Waals surface area (Å²) in [7, 11) is 0. The molecule has 1 saturated heterocycles. The fourth-order valence-corrected chi connectivity index (χ4v) is 2.83. The molecule has 6 heteroatoms. The molecular formula is C14H23NO5. The first-order valence-electron chi connectivity index (χ1n) is 7.05. The molecule has 2 rings (SSSR count). The maximum Gasteiger partial charge on any atom is 0.410 e. The predicted octanol–water partition coefficient (Wildman–Crippen LogP) is 1.73. The highest BCUT2D eigenvalue weighted by Gasteiger charge is 2.54. The van der Waals surface area contributed by atoms with E-state index in [1.165, 1.54) is 0 Å². The van der Waals surface area contributed by atoms with Crippen molar-refractivity contribution >= 4 is 12.1 Å². The van der Waals surface area contributed by atoms with Crippen molar-refractivity contribution in [2.75, 3.05) is 13.2 Å². The molecule has 2 fully saturated rings. The van der Waals surface area contributed by atoms with Crippen molar-refractivity contribution in [3.05, 3.63) is 0 Å². The molecule has 0 radical (unpaired) electrons. The summed E-state index contributed by atoms with van der Waals surface area (Å²) in [6.07, 6.45) is 0.0619. The Bertz CT molecular complexity index is 403. The molecule has 1 unspecified atom stereocenters. The van der Waals surface area contributed by atoms with Gasteiger partial charge in [-0.1, -0.05) is 0 Å². The topological polar surface area (TPSA) is 76.1 Å². The lowest BCUT2D eigenvalue weighted by Crippen LogP contribution is -2.55. The summed E-state index contributed by atoms with van der Waals surface area (Å²) in [6, 6.07) is -0.209. The van der Waals surface area contributed by atoms with Crippen LogP contribution in [-0.2, 0) is 14.3 Å². The Morgan fingerprint density at radius 3 is 2.50 bits per heavy atom. The fraction of sp³-hybridized carbons (Fsp3) is 0.857. The van der Waals surface area contributed by atoms with Crippen molar-refractivity contribution in [2.24, 2.45) is 11.8 Å². The van der Waals surface area contributed by atoms with Gasteiger partial charge in [0.25, 0.3) is 0 Å². The van der Waals surface area contributed by atoms with Crippen LogP contribution in [0.4, 0.5) is 4.79 Å². The number of amides is 1. The number of nitrogens with zero attached hydrogens (tertiary/aromatic N) is 1. The van der Waals surface area contributed by atoms with Gasteiger partial charge in [0.05, 0.1) is 24.7 Å². The molecule has 0 aromatic heterocycles. The molecule has 0 aromatic carbocycles. The zero-order chi connectivity index (χ0) is 15.1. The number of ether oxygens (including phenoxy) is 2. The van der Waals surface area contributed by atoms with Gasteiger partial charge < -0.3 is 19.5 Å². The number of carboxylic acids is 1. The lowest BCUT2D eigenvalue weighted by atomic mass is 10.0. The number of carbonyl (C=O) groups excluding carboxylic acids is 1. The van der Waals surface area contributed by atoms with Crippen molar-refractivity contribution in [2.45, 2.75) is 51.9 Å². The summed E-state index contributed by atoms with van der Waals surface area (Å²) in [6.45, 7) is 8.26. The third-order valence-corrected chi connectivity index (χ3v) is 3.78. The van der Waals surface area contributed by atoms with Crippen LogP contribution in [0.1, 0.15) is 34.1 Å². The predicted molar refractivity (Wildman–Crippen MR) is 71.4 cm³/mol. The molecule has 0 spiro atoms. The molecule has 1 aliphatic heterocycles. The maximum atomic E-state index is 12.3. The molecule has 1 amide bonds. The van der Waals surface area contributed by atoms with Crippen LogP contribution in [0.25, 0.3) is 0 Å². The molecule has 20 heavy (non-hydrogen) atoms. The second-order valence-electron chi connectivity index (χ2n) is 6.58. The molecule has 6 nitrogen and oxygen atoms in total. The van der Waals surface area contributed by atoms with Crippen molar-refractivity contribution in [1.82, 2.24) is 4.90 Å². The maximum absolute atomic E-state index is 12.3. The van der Waals surface area contributed by atoms with E-state index in [0.29, 0.717) is 19.6 Å². The first-order valence-corrected chi connectivity index (χ1v) is 7.05. The van der Waals surface area contributed by atoms with Crippen LogP contribution < -0.4 is 0 Å². The zero-order valence-corrected chi connectivity index (χ0v) is 12.5. The summed E-state index contributed by atoms with van der Waals surface area (Å²) >= 11 is 0. The van der Waals surface area contributed by atoms with Crippen LogP contribution in [0.5, 0.6) is 0 Å². The van der Waals surface area contributed by atoms with E-state index in [-0.39, 0.29) is 30.1 Å². The van der Waals surface area contributed by atoms with E-state index in [2.05, 4.69) is 0 Å². The molecule has 2 aliphatic rings. The molecule has 1 saturated carbocycles. The summed E-state index contributed by atoms with van der Waals surface area (Å²) in [5, 5.41) is 9.08. The SMILES string of the molecule is C[C@H]1OCCN(C(=O)OC(C)(C)C)C1[C@@H]1C[C@H]1C(=O)O. The van der Waals surface area contributed by atoms with Gasteiger partial charge in [-0.2, -0.15) is 0 Å². The van der Waals surface area contributed by atoms with Crippen LogP contribution in [0.2, 0.25) is 0 Å². The van der Waals surface area contributed by atoms with Gasteiger partial charge >= 0.3 is 12.1 Å². The van der Waals surface area contributed by atoms with E-state index in [9.17, 15) is 9.59 Å². The zero-order valence-electron chi connectivity index (χ0n) is 12.5. The van der Waals surface area contributed by atoms with E-state index in [4.69, 9.17) is 14.6 Å².